The molecule has 5 nitrogen and oxygen atoms in total. The lowest BCUT2D eigenvalue weighted by molar-refractivity contribution is 0.0946. The molecule has 0 bridgehead atoms. The SMILES string of the molecule is Cc1cc(F)ccc1-c1cc(Cn2ccnc2C)cc(C(=O)NCc2ccc(Cl)c(Cl)c2)n1. The van der Waals surface area contributed by atoms with Crippen molar-refractivity contribution in [2.24, 2.45) is 0 Å². The number of carbonyl (C=O) groups is 1. The summed E-state index contributed by atoms with van der Waals surface area (Å²) in [6, 6.07) is 13.4. The average molecular weight is 483 g/mol. The van der Waals surface area contributed by atoms with E-state index >= 15 is 0 Å². The summed E-state index contributed by atoms with van der Waals surface area (Å²) in [4.78, 5) is 21.8. The second-order valence-corrected chi connectivity index (χ2v) is 8.55. The zero-order valence-corrected chi connectivity index (χ0v) is 19.6. The zero-order chi connectivity index (χ0) is 23.5. The van der Waals surface area contributed by atoms with Gasteiger partial charge in [0.2, 0.25) is 0 Å². The van der Waals surface area contributed by atoms with E-state index in [9.17, 15) is 9.18 Å². The Labute approximate surface area is 201 Å². The largest absolute Gasteiger partial charge is 0.347 e. The molecule has 4 rings (SSSR count). The van der Waals surface area contributed by atoms with Crippen molar-refractivity contribution in [3.8, 4) is 11.3 Å². The standard InChI is InChI=1S/C25H21Cl2FN4O/c1-15-9-19(28)4-5-20(15)23-11-18(14-32-8-7-29-16(32)2)12-24(31-23)25(33)30-13-17-3-6-21(26)22(27)10-17/h3-12H,13-14H2,1-2H3,(H,30,33). The van der Waals surface area contributed by atoms with Crippen molar-refractivity contribution < 1.29 is 9.18 Å². The van der Waals surface area contributed by atoms with Crippen molar-refractivity contribution in [3.05, 3.63) is 105 Å². The maximum Gasteiger partial charge on any atom is 0.270 e. The van der Waals surface area contributed by atoms with Crippen molar-refractivity contribution in [2.45, 2.75) is 26.9 Å². The summed E-state index contributed by atoms with van der Waals surface area (Å²) >= 11 is 12.0. The van der Waals surface area contributed by atoms with Gasteiger partial charge in [-0.15, -0.1) is 0 Å². The maximum absolute atomic E-state index is 13.6. The number of amides is 1. The number of carbonyl (C=O) groups excluding carboxylic acids is 1. The first-order valence-electron chi connectivity index (χ1n) is 10.3. The molecule has 0 saturated carbocycles. The summed E-state index contributed by atoms with van der Waals surface area (Å²) in [5, 5.41) is 3.76. The van der Waals surface area contributed by atoms with E-state index in [2.05, 4.69) is 15.3 Å². The molecular formula is C25H21Cl2FN4O. The fourth-order valence-electron chi connectivity index (χ4n) is 3.54. The topological polar surface area (TPSA) is 59.8 Å². The predicted octanol–water partition coefficient (Wildman–Crippen LogP) is 5.99. The highest BCUT2D eigenvalue weighted by atomic mass is 35.5. The first-order valence-corrected chi connectivity index (χ1v) is 11.0. The Kier molecular flexibility index (Phi) is 6.77. The Morgan fingerprint density at radius 3 is 2.55 bits per heavy atom. The van der Waals surface area contributed by atoms with E-state index in [1.54, 1.807) is 36.5 Å². The van der Waals surface area contributed by atoms with Crippen LogP contribution in [0.15, 0.2) is 60.9 Å². The molecule has 0 saturated heterocycles. The normalized spacial score (nSPS) is 10.9. The molecule has 0 aliphatic heterocycles. The number of aromatic nitrogens is 3. The van der Waals surface area contributed by atoms with Crippen LogP contribution >= 0.6 is 23.2 Å². The van der Waals surface area contributed by atoms with Crippen LogP contribution in [0.2, 0.25) is 10.0 Å². The van der Waals surface area contributed by atoms with E-state index in [1.807, 2.05) is 30.7 Å². The van der Waals surface area contributed by atoms with Gasteiger partial charge in [0.05, 0.1) is 15.7 Å². The number of hydrogen-bond donors (Lipinski definition) is 1. The van der Waals surface area contributed by atoms with Gasteiger partial charge in [0, 0.05) is 31.0 Å². The van der Waals surface area contributed by atoms with Crippen LogP contribution in [-0.4, -0.2) is 20.4 Å². The van der Waals surface area contributed by atoms with E-state index in [-0.39, 0.29) is 24.0 Å². The average Bonchev–Trinajstić information content (AvgIpc) is 3.18. The molecule has 1 amide bonds. The van der Waals surface area contributed by atoms with Gasteiger partial charge < -0.3 is 9.88 Å². The number of nitrogens with one attached hydrogen (secondary N) is 1. The van der Waals surface area contributed by atoms with Crippen molar-refractivity contribution >= 4 is 29.1 Å². The lowest BCUT2D eigenvalue weighted by Gasteiger charge is -2.13. The van der Waals surface area contributed by atoms with Crippen molar-refractivity contribution in [3.63, 3.8) is 0 Å². The third kappa shape index (κ3) is 5.41. The lowest BCUT2D eigenvalue weighted by atomic mass is 10.0. The molecule has 0 aliphatic rings. The molecule has 168 valence electrons. The minimum absolute atomic E-state index is 0.268. The number of hydrogen-bond acceptors (Lipinski definition) is 3. The van der Waals surface area contributed by atoms with Crippen molar-refractivity contribution in [1.29, 1.82) is 0 Å². The number of rotatable bonds is 6. The zero-order valence-electron chi connectivity index (χ0n) is 18.1. The monoisotopic (exact) mass is 482 g/mol. The summed E-state index contributed by atoms with van der Waals surface area (Å²) in [5.74, 6) is 0.212. The van der Waals surface area contributed by atoms with E-state index < -0.39 is 0 Å². The first kappa shape index (κ1) is 23.0. The van der Waals surface area contributed by atoms with Crippen molar-refractivity contribution in [1.82, 2.24) is 19.9 Å². The quantitative estimate of drug-likeness (QED) is 0.367. The van der Waals surface area contributed by atoms with Gasteiger partial charge in [-0.1, -0.05) is 29.3 Å². The van der Waals surface area contributed by atoms with Gasteiger partial charge in [0.25, 0.3) is 5.91 Å². The number of halogens is 3. The molecule has 33 heavy (non-hydrogen) atoms. The highest BCUT2D eigenvalue weighted by Gasteiger charge is 2.14. The van der Waals surface area contributed by atoms with Gasteiger partial charge in [-0.2, -0.15) is 0 Å². The fourth-order valence-corrected chi connectivity index (χ4v) is 3.86. The summed E-state index contributed by atoms with van der Waals surface area (Å²) in [5.41, 5.74) is 4.06. The van der Waals surface area contributed by atoms with Crippen LogP contribution in [0.4, 0.5) is 4.39 Å². The van der Waals surface area contributed by atoms with Gasteiger partial charge in [0.1, 0.15) is 17.3 Å². The Morgan fingerprint density at radius 1 is 1.03 bits per heavy atom. The molecule has 0 atom stereocenters. The molecule has 0 radical (unpaired) electrons. The maximum atomic E-state index is 13.6. The Bertz CT molecular complexity index is 1340. The summed E-state index contributed by atoms with van der Waals surface area (Å²) in [6.07, 6.45) is 3.61. The molecule has 2 heterocycles. The summed E-state index contributed by atoms with van der Waals surface area (Å²) < 4.78 is 15.6. The number of pyridine rings is 1. The van der Waals surface area contributed by atoms with E-state index in [1.165, 1.54) is 12.1 Å². The van der Waals surface area contributed by atoms with Gasteiger partial charge >= 0.3 is 0 Å². The van der Waals surface area contributed by atoms with Gasteiger partial charge in [-0.3, -0.25) is 4.79 Å². The molecule has 4 aromatic rings. The summed E-state index contributed by atoms with van der Waals surface area (Å²) in [7, 11) is 0. The van der Waals surface area contributed by atoms with Crippen LogP contribution in [0.1, 0.15) is 33.0 Å². The Hall–Kier alpha value is -3.22. The van der Waals surface area contributed by atoms with Crippen LogP contribution in [0.5, 0.6) is 0 Å². The van der Waals surface area contributed by atoms with Crippen LogP contribution in [-0.2, 0) is 13.1 Å². The van der Waals surface area contributed by atoms with Crippen LogP contribution in [0.25, 0.3) is 11.3 Å². The van der Waals surface area contributed by atoms with Gasteiger partial charge in [-0.05, 0) is 73.0 Å². The smallest absolute Gasteiger partial charge is 0.270 e. The second kappa shape index (κ2) is 9.73. The van der Waals surface area contributed by atoms with Crippen LogP contribution in [0.3, 0.4) is 0 Å². The van der Waals surface area contributed by atoms with E-state index in [4.69, 9.17) is 23.2 Å². The van der Waals surface area contributed by atoms with Crippen LogP contribution in [0, 0.1) is 19.7 Å². The third-order valence-electron chi connectivity index (χ3n) is 5.30. The minimum Gasteiger partial charge on any atom is -0.347 e. The molecular weight excluding hydrogens is 462 g/mol. The lowest BCUT2D eigenvalue weighted by Crippen LogP contribution is -2.24. The molecule has 0 unspecified atom stereocenters. The fraction of sp³-hybridized carbons (Fsp3) is 0.160. The number of nitrogens with zero attached hydrogens (tertiary/aromatic N) is 3. The number of aryl methyl sites for hydroxylation is 2. The first-order chi connectivity index (χ1) is 15.8. The second-order valence-electron chi connectivity index (χ2n) is 7.74. The molecule has 0 aliphatic carbocycles. The summed E-state index contributed by atoms with van der Waals surface area (Å²) in [6.45, 7) is 4.52. The molecule has 2 aromatic heterocycles. The molecule has 8 heteroatoms. The molecule has 2 aromatic carbocycles. The minimum atomic E-state index is -0.328. The number of imidazole rings is 1. The van der Waals surface area contributed by atoms with E-state index in [0.717, 1.165) is 28.1 Å². The van der Waals surface area contributed by atoms with Crippen LogP contribution < -0.4 is 5.32 Å². The Balaban J connectivity index is 1.66. The predicted molar refractivity (Wildman–Crippen MR) is 128 cm³/mol. The number of benzene rings is 2. The van der Waals surface area contributed by atoms with Gasteiger partial charge in [0.15, 0.2) is 0 Å². The Morgan fingerprint density at radius 2 is 1.85 bits per heavy atom. The third-order valence-corrected chi connectivity index (χ3v) is 6.03. The van der Waals surface area contributed by atoms with Crippen molar-refractivity contribution in [2.75, 3.05) is 0 Å². The van der Waals surface area contributed by atoms with E-state index in [0.29, 0.717) is 22.3 Å². The highest BCUT2D eigenvalue weighted by Crippen LogP contribution is 2.25. The molecule has 1 N–H and O–H groups in total. The molecule has 0 spiro atoms. The van der Waals surface area contributed by atoms with Gasteiger partial charge in [-0.25, -0.2) is 14.4 Å². The molecule has 0 fully saturated rings. The highest BCUT2D eigenvalue weighted by molar-refractivity contribution is 6.42.